The fourth-order valence-electron chi connectivity index (χ4n) is 3.06. The van der Waals surface area contributed by atoms with Crippen molar-refractivity contribution < 1.29 is 8.42 Å². The second-order valence-corrected chi connectivity index (χ2v) is 10.2. The highest BCUT2D eigenvalue weighted by Crippen LogP contribution is 2.22. The predicted molar refractivity (Wildman–Crippen MR) is 101 cm³/mol. The molecular formula is C17H31N3O2S2. The van der Waals surface area contributed by atoms with Crippen LogP contribution in [0.2, 0.25) is 0 Å². The van der Waals surface area contributed by atoms with Crippen LogP contribution in [-0.2, 0) is 16.4 Å². The molecule has 1 aliphatic rings. The molecule has 7 heteroatoms. The normalized spacial score (nSPS) is 19.0. The van der Waals surface area contributed by atoms with Gasteiger partial charge in [-0.15, -0.1) is 11.3 Å². The van der Waals surface area contributed by atoms with Gasteiger partial charge < -0.3 is 4.90 Å². The third-order valence-corrected chi connectivity index (χ3v) is 7.70. The van der Waals surface area contributed by atoms with Crippen molar-refractivity contribution in [3.63, 3.8) is 0 Å². The SMILES string of the molecule is CCc1ccc(S(=O)(=O)NCC(CC(C)C)N2CCN(C)CC2)s1. The van der Waals surface area contributed by atoms with E-state index in [-0.39, 0.29) is 6.04 Å². The first-order chi connectivity index (χ1) is 11.3. The highest BCUT2D eigenvalue weighted by Gasteiger charge is 2.25. The van der Waals surface area contributed by atoms with E-state index in [0.717, 1.165) is 43.9 Å². The number of nitrogens with one attached hydrogen (secondary N) is 1. The summed E-state index contributed by atoms with van der Waals surface area (Å²) in [5.41, 5.74) is 0. The average molecular weight is 374 g/mol. The van der Waals surface area contributed by atoms with Crippen molar-refractivity contribution in [2.75, 3.05) is 39.8 Å². The van der Waals surface area contributed by atoms with Crippen LogP contribution < -0.4 is 4.72 Å². The van der Waals surface area contributed by atoms with Gasteiger partial charge in [0.1, 0.15) is 4.21 Å². The van der Waals surface area contributed by atoms with E-state index in [1.807, 2.05) is 13.0 Å². The number of likely N-dealkylation sites (N-methyl/N-ethyl adjacent to an activating group) is 1. The molecule has 138 valence electrons. The third kappa shape index (κ3) is 5.52. The highest BCUT2D eigenvalue weighted by atomic mass is 32.2. The molecule has 0 aromatic carbocycles. The second kappa shape index (κ2) is 8.76. The Morgan fingerprint density at radius 1 is 1.21 bits per heavy atom. The van der Waals surface area contributed by atoms with Crippen LogP contribution in [0.15, 0.2) is 16.3 Å². The fourth-order valence-corrected chi connectivity index (χ4v) is 5.48. The highest BCUT2D eigenvalue weighted by molar-refractivity contribution is 7.91. The molecule has 0 radical (unpaired) electrons. The van der Waals surface area contributed by atoms with Gasteiger partial charge in [-0.1, -0.05) is 20.8 Å². The van der Waals surface area contributed by atoms with E-state index < -0.39 is 10.0 Å². The van der Waals surface area contributed by atoms with Crippen LogP contribution in [0.4, 0.5) is 0 Å². The molecule has 1 aromatic rings. The molecule has 0 saturated carbocycles. The Morgan fingerprint density at radius 3 is 2.42 bits per heavy atom. The van der Waals surface area contributed by atoms with Crippen LogP contribution in [0.1, 0.15) is 32.1 Å². The molecule has 0 spiro atoms. The number of thiophene rings is 1. The average Bonchev–Trinajstić information content (AvgIpc) is 3.02. The van der Waals surface area contributed by atoms with Crippen molar-refractivity contribution in [1.82, 2.24) is 14.5 Å². The number of hydrogen-bond donors (Lipinski definition) is 1. The smallest absolute Gasteiger partial charge is 0.250 e. The molecule has 1 aromatic heterocycles. The molecule has 1 saturated heterocycles. The minimum atomic E-state index is -3.40. The molecule has 1 N–H and O–H groups in total. The second-order valence-electron chi connectivity index (χ2n) is 7.05. The van der Waals surface area contributed by atoms with Gasteiger partial charge in [0.15, 0.2) is 0 Å². The van der Waals surface area contributed by atoms with Gasteiger partial charge >= 0.3 is 0 Å². The molecule has 2 rings (SSSR count). The zero-order valence-corrected chi connectivity index (χ0v) is 16.9. The monoisotopic (exact) mass is 373 g/mol. The van der Waals surface area contributed by atoms with Gasteiger partial charge in [-0.2, -0.15) is 0 Å². The number of hydrogen-bond acceptors (Lipinski definition) is 5. The van der Waals surface area contributed by atoms with Crippen LogP contribution in [0.3, 0.4) is 0 Å². The molecule has 0 amide bonds. The molecule has 2 heterocycles. The van der Waals surface area contributed by atoms with Crippen LogP contribution >= 0.6 is 11.3 Å². The summed E-state index contributed by atoms with van der Waals surface area (Å²) in [6, 6.07) is 3.89. The molecule has 1 unspecified atom stereocenters. The Bertz CT molecular complexity index is 605. The largest absolute Gasteiger partial charge is 0.304 e. The van der Waals surface area contributed by atoms with Crippen LogP contribution in [0, 0.1) is 5.92 Å². The van der Waals surface area contributed by atoms with Crippen molar-refractivity contribution in [1.29, 1.82) is 0 Å². The molecule has 24 heavy (non-hydrogen) atoms. The molecular weight excluding hydrogens is 342 g/mol. The zero-order valence-electron chi connectivity index (χ0n) is 15.3. The minimum Gasteiger partial charge on any atom is -0.304 e. The molecule has 5 nitrogen and oxygen atoms in total. The van der Waals surface area contributed by atoms with Gasteiger partial charge in [0.2, 0.25) is 10.0 Å². The number of rotatable bonds is 8. The number of aryl methyl sites for hydroxylation is 1. The maximum atomic E-state index is 12.6. The molecule has 1 atom stereocenters. The molecule has 1 fully saturated rings. The Hall–Kier alpha value is -0.470. The van der Waals surface area contributed by atoms with Gasteiger partial charge in [0, 0.05) is 43.6 Å². The summed E-state index contributed by atoms with van der Waals surface area (Å²) in [7, 11) is -1.26. The zero-order chi connectivity index (χ0) is 17.7. The predicted octanol–water partition coefficient (Wildman–Crippen LogP) is 2.25. The van der Waals surface area contributed by atoms with Gasteiger partial charge in [0.25, 0.3) is 0 Å². The number of piperazine rings is 1. The number of sulfonamides is 1. The fraction of sp³-hybridized carbons (Fsp3) is 0.765. The maximum Gasteiger partial charge on any atom is 0.250 e. The topological polar surface area (TPSA) is 52.7 Å². The first kappa shape index (κ1) is 19.8. The Labute approximate surface area is 151 Å². The van der Waals surface area contributed by atoms with Crippen molar-refractivity contribution in [2.45, 2.75) is 43.9 Å². The molecule has 0 bridgehead atoms. The van der Waals surface area contributed by atoms with E-state index in [4.69, 9.17) is 0 Å². The van der Waals surface area contributed by atoms with Gasteiger partial charge in [0.05, 0.1) is 0 Å². The Kier molecular flexibility index (Phi) is 7.24. The standard InChI is InChI=1S/C17H31N3O2S2/c1-5-16-6-7-17(23-16)24(21,22)18-13-15(12-14(2)3)20-10-8-19(4)9-11-20/h6-7,14-15,18H,5,8-13H2,1-4H3. The van der Waals surface area contributed by atoms with Crippen molar-refractivity contribution in [3.05, 3.63) is 17.0 Å². The van der Waals surface area contributed by atoms with Gasteiger partial charge in [-0.05, 0) is 37.9 Å². The lowest BCUT2D eigenvalue weighted by atomic mass is 10.0. The summed E-state index contributed by atoms with van der Waals surface area (Å²) in [6.07, 6.45) is 1.88. The van der Waals surface area contributed by atoms with Crippen molar-refractivity contribution >= 4 is 21.4 Å². The van der Waals surface area contributed by atoms with Gasteiger partial charge in [-0.3, -0.25) is 4.90 Å². The maximum absolute atomic E-state index is 12.6. The first-order valence-corrected chi connectivity index (χ1v) is 11.1. The van der Waals surface area contributed by atoms with Crippen molar-refractivity contribution in [3.8, 4) is 0 Å². The van der Waals surface area contributed by atoms with E-state index in [2.05, 4.69) is 35.4 Å². The van der Waals surface area contributed by atoms with Crippen LogP contribution in [-0.4, -0.2) is 64.0 Å². The summed E-state index contributed by atoms with van der Waals surface area (Å²) < 4.78 is 28.4. The van der Waals surface area contributed by atoms with E-state index in [0.29, 0.717) is 16.7 Å². The van der Waals surface area contributed by atoms with Crippen LogP contribution in [0.25, 0.3) is 0 Å². The van der Waals surface area contributed by atoms with E-state index in [9.17, 15) is 8.42 Å². The summed E-state index contributed by atoms with van der Waals surface area (Å²) in [5.74, 6) is 0.549. The summed E-state index contributed by atoms with van der Waals surface area (Å²) in [4.78, 5) is 5.87. The first-order valence-electron chi connectivity index (χ1n) is 8.82. The quantitative estimate of drug-likeness (QED) is 0.759. The lowest BCUT2D eigenvalue weighted by molar-refractivity contribution is 0.102. The summed E-state index contributed by atoms with van der Waals surface area (Å²) >= 11 is 1.37. The van der Waals surface area contributed by atoms with Gasteiger partial charge in [-0.25, -0.2) is 13.1 Å². The molecule has 1 aliphatic heterocycles. The van der Waals surface area contributed by atoms with Crippen molar-refractivity contribution in [2.24, 2.45) is 5.92 Å². The Balaban J connectivity index is 2.00. The minimum absolute atomic E-state index is 0.263. The van der Waals surface area contributed by atoms with E-state index >= 15 is 0 Å². The Morgan fingerprint density at radius 2 is 1.88 bits per heavy atom. The molecule has 0 aliphatic carbocycles. The summed E-state index contributed by atoms with van der Waals surface area (Å²) in [6.45, 7) is 11.0. The van der Waals surface area contributed by atoms with E-state index in [1.54, 1.807) is 6.07 Å². The third-order valence-electron chi connectivity index (χ3n) is 4.56. The lowest BCUT2D eigenvalue weighted by Crippen LogP contribution is -2.52. The lowest BCUT2D eigenvalue weighted by Gasteiger charge is -2.38. The summed E-state index contributed by atoms with van der Waals surface area (Å²) in [5, 5.41) is 0. The van der Waals surface area contributed by atoms with E-state index in [1.165, 1.54) is 11.3 Å². The number of nitrogens with zero attached hydrogens (tertiary/aromatic N) is 2. The van der Waals surface area contributed by atoms with Crippen LogP contribution in [0.5, 0.6) is 0 Å².